The minimum Gasteiger partial charge on any atom is -0.468 e. The third-order valence-corrected chi connectivity index (χ3v) is 3.50. The lowest BCUT2D eigenvalue weighted by molar-refractivity contribution is -0.142. The molecule has 0 saturated carbocycles. The highest BCUT2D eigenvalue weighted by Gasteiger charge is 2.32. The summed E-state index contributed by atoms with van der Waals surface area (Å²) in [5.74, 6) is -1.18. The molecule has 2 rings (SSSR count). The number of ether oxygens (including phenoxy) is 1. The number of nitrogens with one attached hydrogen (secondary N) is 1. The van der Waals surface area contributed by atoms with Crippen LogP contribution in [0.15, 0.2) is 30.3 Å². The van der Waals surface area contributed by atoms with Gasteiger partial charge in [0.15, 0.2) is 0 Å². The second-order valence-corrected chi connectivity index (χ2v) is 4.89. The van der Waals surface area contributed by atoms with Crippen molar-refractivity contribution < 1.29 is 19.1 Å². The molecular weight excluding hydrogens is 272 g/mol. The zero-order chi connectivity index (χ0) is 15.2. The van der Waals surface area contributed by atoms with Gasteiger partial charge < -0.3 is 4.74 Å². The number of amides is 2. The SMILES string of the molecule is COC(=O)CN1CCC[C@@H]1C(=O)NC(=O)c1ccccc1. The Balaban J connectivity index is 1.96. The van der Waals surface area contributed by atoms with Gasteiger partial charge >= 0.3 is 5.97 Å². The lowest BCUT2D eigenvalue weighted by Gasteiger charge is -2.21. The average molecular weight is 290 g/mol. The Labute approximate surface area is 123 Å². The Morgan fingerprint density at radius 2 is 2.00 bits per heavy atom. The summed E-state index contributed by atoms with van der Waals surface area (Å²) in [5.41, 5.74) is 0.434. The topological polar surface area (TPSA) is 75.7 Å². The van der Waals surface area contributed by atoms with Gasteiger partial charge in [0.2, 0.25) is 5.91 Å². The first-order chi connectivity index (χ1) is 10.1. The molecule has 6 nitrogen and oxygen atoms in total. The first-order valence-corrected chi connectivity index (χ1v) is 6.83. The highest BCUT2D eigenvalue weighted by atomic mass is 16.5. The molecule has 1 aliphatic heterocycles. The molecule has 1 heterocycles. The van der Waals surface area contributed by atoms with E-state index in [0.29, 0.717) is 18.5 Å². The molecular formula is C15H18N2O4. The van der Waals surface area contributed by atoms with Gasteiger partial charge in [0, 0.05) is 5.56 Å². The van der Waals surface area contributed by atoms with Crippen molar-refractivity contribution in [2.75, 3.05) is 20.2 Å². The van der Waals surface area contributed by atoms with Crippen LogP contribution >= 0.6 is 0 Å². The minimum absolute atomic E-state index is 0.0636. The molecule has 1 aromatic rings. The molecule has 21 heavy (non-hydrogen) atoms. The minimum atomic E-state index is -0.461. The molecule has 0 bridgehead atoms. The largest absolute Gasteiger partial charge is 0.468 e. The molecule has 112 valence electrons. The summed E-state index contributed by atoms with van der Waals surface area (Å²) in [6, 6.07) is 8.09. The summed E-state index contributed by atoms with van der Waals surface area (Å²) < 4.78 is 4.61. The molecule has 6 heteroatoms. The number of rotatable bonds is 4. The van der Waals surface area contributed by atoms with Crippen LogP contribution in [-0.2, 0) is 14.3 Å². The average Bonchev–Trinajstić information content (AvgIpc) is 2.96. The van der Waals surface area contributed by atoms with Crippen molar-refractivity contribution in [3.05, 3.63) is 35.9 Å². The Morgan fingerprint density at radius 1 is 1.29 bits per heavy atom. The zero-order valence-electron chi connectivity index (χ0n) is 11.9. The van der Waals surface area contributed by atoms with Gasteiger partial charge in [-0.1, -0.05) is 18.2 Å². The standard InChI is InChI=1S/C15H18N2O4/c1-21-13(18)10-17-9-5-8-12(17)15(20)16-14(19)11-6-3-2-4-7-11/h2-4,6-7,12H,5,8-10H2,1H3,(H,16,19,20)/t12-/m1/s1. The van der Waals surface area contributed by atoms with E-state index in [9.17, 15) is 14.4 Å². The van der Waals surface area contributed by atoms with Gasteiger partial charge in [-0.2, -0.15) is 0 Å². The maximum Gasteiger partial charge on any atom is 0.319 e. The van der Waals surface area contributed by atoms with E-state index in [2.05, 4.69) is 10.1 Å². The van der Waals surface area contributed by atoms with E-state index in [1.54, 1.807) is 35.2 Å². The fourth-order valence-electron chi connectivity index (χ4n) is 2.40. The maximum atomic E-state index is 12.2. The number of carbonyl (C=O) groups is 3. The highest BCUT2D eigenvalue weighted by Crippen LogP contribution is 2.17. The van der Waals surface area contributed by atoms with E-state index in [1.807, 2.05) is 0 Å². The van der Waals surface area contributed by atoms with E-state index in [-0.39, 0.29) is 18.4 Å². The van der Waals surface area contributed by atoms with Crippen molar-refractivity contribution in [1.82, 2.24) is 10.2 Å². The van der Waals surface area contributed by atoms with Crippen molar-refractivity contribution in [1.29, 1.82) is 0 Å². The van der Waals surface area contributed by atoms with Gasteiger partial charge in [-0.25, -0.2) is 0 Å². The first kappa shape index (κ1) is 15.2. The number of benzene rings is 1. The van der Waals surface area contributed by atoms with E-state index in [1.165, 1.54) is 7.11 Å². The molecule has 0 radical (unpaired) electrons. The number of esters is 1. The molecule has 1 aliphatic rings. The highest BCUT2D eigenvalue weighted by molar-refractivity contribution is 6.06. The Kier molecular flexibility index (Phi) is 5.05. The van der Waals surface area contributed by atoms with E-state index < -0.39 is 11.9 Å². The van der Waals surface area contributed by atoms with Crippen molar-refractivity contribution in [2.24, 2.45) is 0 Å². The van der Waals surface area contributed by atoms with Crippen LogP contribution in [0.3, 0.4) is 0 Å². The quantitative estimate of drug-likeness (QED) is 0.648. The number of carbonyl (C=O) groups excluding carboxylic acids is 3. The molecule has 0 aromatic heterocycles. The molecule has 1 aromatic carbocycles. The first-order valence-electron chi connectivity index (χ1n) is 6.83. The van der Waals surface area contributed by atoms with Gasteiger partial charge in [0.05, 0.1) is 19.7 Å². The molecule has 0 unspecified atom stereocenters. The second-order valence-electron chi connectivity index (χ2n) is 4.89. The predicted molar refractivity (Wildman–Crippen MR) is 75.5 cm³/mol. The molecule has 2 amide bonds. The zero-order valence-corrected chi connectivity index (χ0v) is 11.9. The van der Waals surface area contributed by atoms with Gasteiger partial charge in [0.25, 0.3) is 5.91 Å². The lowest BCUT2D eigenvalue weighted by atomic mass is 10.1. The van der Waals surface area contributed by atoms with Gasteiger partial charge in [-0.05, 0) is 31.5 Å². The third-order valence-electron chi connectivity index (χ3n) is 3.50. The van der Waals surface area contributed by atoms with Gasteiger partial charge in [0.1, 0.15) is 0 Å². The number of likely N-dealkylation sites (tertiary alicyclic amines) is 1. The number of nitrogens with zero attached hydrogens (tertiary/aromatic N) is 1. The van der Waals surface area contributed by atoms with Crippen LogP contribution in [0, 0.1) is 0 Å². The van der Waals surface area contributed by atoms with Gasteiger partial charge in [-0.3, -0.25) is 24.6 Å². The fraction of sp³-hybridized carbons (Fsp3) is 0.400. The van der Waals surface area contributed by atoms with Crippen molar-refractivity contribution in [3.63, 3.8) is 0 Å². The fourth-order valence-corrected chi connectivity index (χ4v) is 2.40. The molecule has 1 N–H and O–H groups in total. The Bertz CT molecular complexity index is 530. The summed E-state index contributed by atoms with van der Waals surface area (Å²) in [7, 11) is 1.31. The Hall–Kier alpha value is -2.21. The normalized spacial score (nSPS) is 18.2. The van der Waals surface area contributed by atoms with Crippen LogP contribution in [0.5, 0.6) is 0 Å². The van der Waals surface area contributed by atoms with E-state index in [0.717, 1.165) is 6.42 Å². The van der Waals surface area contributed by atoms with Crippen molar-refractivity contribution >= 4 is 17.8 Å². The van der Waals surface area contributed by atoms with Gasteiger partial charge in [-0.15, -0.1) is 0 Å². The monoisotopic (exact) mass is 290 g/mol. The van der Waals surface area contributed by atoms with Crippen LogP contribution < -0.4 is 5.32 Å². The van der Waals surface area contributed by atoms with E-state index >= 15 is 0 Å². The van der Waals surface area contributed by atoms with Crippen molar-refractivity contribution in [2.45, 2.75) is 18.9 Å². The van der Waals surface area contributed by atoms with Crippen LogP contribution in [0.25, 0.3) is 0 Å². The predicted octanol–water partition coefficient (Wildman–Crippen LogP) is 0.580. The lowest BCUT2D eigenvalue weighted by Crippen LogP contribution is -2.47. The summed E-state index contributed by atoms with van der Waals surface area (Å²) in [6.45, 7) is 0.709. The molecule has 1 fully saturated rings. The second kappa shape index (κ2) is 6.99. The van der Waals surface area contributed by atoms with Crippen LogP contribution in [0.1, 0.15) is 23.2 Å². The molecule has 0 spiro atoms. The smallest absolute Gasteiger partial charge is 0.319 e. The van der Waals surface area contributed by atoms with E-state index in [4.69, 9.17) is 0 Å². The van der Waals surface area contributed by atoms with Crippen molar-refractivity contribution in [3.8, 4) is 0 Å². The van der Waals surface area contributed by atoms with Crippen LogP contribution in [-0.4, -0.2) is 48.9 Å². The number of hydrogen-bond acceptors (Lipinski definition) is 5. The number of hydrogen-bond donors (Lipinski definition) is 1. The van der Waals surface area contributed by atoms with Crippen LogP contribution in [0.4, 0.5) is 0 Å². The summed E-state index contributed by atoms with van der Waals surface area (Å²) in [6.07, 6.45) is 1.44. The Morgan fingerprint density at radius 3 is 2.67 bits per heavy atom. The molecule has 0 aliphatic carbocycles. The number of imide groups is 1. The summed E-state index contributed by atoms with van der Waals surface area (Å²) in [4.78, 5) is 37.2. The molecule has 1 saturated heterocycles. The number of methoxy groups -OCH3 is 1. The summed E-state index contributed by atoms with van der Waals surface area (Å²) >= 11 is 0. The van der Waals surface area contributed by atoms with Crippen LogP contribution in [0.2, 0.25) is 0 Å². The molecule has 1 atom stereocenters. The third kappa shape index (κ3) is 3.88. The summed E-state index contributed by atoms with van der Waals surface area (Å²) in [5, 5.41) is 2.39. The maximum absolute atomic E-state index is 12.2.